The Morgan fingerprint density at radius 2 is 2.04 bits per heavy atom. The molecule has 6 nitrogen and oxygen atoms in total. The van der Waals surface area contributed by atoms with Gasteiger partial charge in [0.1, 0.15) is 0 Å². The third-order valence-corrected chi connectivity index (χ3v) is 3.39. The maximum absolute atomic E-state index is 5.86. The van der Waals surface area contributed by atoms with Crippen LogP contribution in [0.2, 0.25) is 5.02 Å². The van der Waals surface area contributed by atoms with Crippen LogP contribution in [0.15, 0.2) is 53.3 Å². The van der Waals surface area contributed by atoms with E-state index in [0.29, 0.717) is 28.4 Å². The fourth-order valence-electron chi connectivity index (χ4n) is 1.81. The number of anilines is 1. The lowest BCUT2D eigenvalue weighted by Gasteiger charge is -2.07. The molecule has 0 spiro atoms. The molecule has 0 aliphatic carbocycles. The van der Waals surface area contributed by atoms with Gasteiger partial charge < -0.3 is 15.2 Å². The first-order valence-electron chi connectivity index (χ1n) is 6.74. The molecule has 116 valence electrons. The van der Waals surface area contributed by atoms with Gasteiger partial charge in [-0.05, 0) is 48.6 Å². The van der Waals surface area contributed by atoms with Crippen molar-refractivity contribution in [2.75, 3.05) is 5.32 Å². The predicted molar refractivity (Wildman–Crippen MR) is 92.0 cm³/mol. The second-order valence-electron chi connectivity index (χ2n) is 4.57. The Labute approximate surface area is 142 Å². The largest absolute Gasteiger partial charge is 0.353 e. The van der Waals surface area contributed by atoms with E-state index in [-0.39, 0.29) is 0 Å². The van der Waals surface area contributed by atoms with E-state index in [4.69, 9.17) is 28.3 Å². The van der Waals surface area contributed by atoms with E-state index in [1.54, 1.807) is 24.5 Å². The Balaban J connectivity index is 1.57. The fourth-order valence-corrected chi connectivity index (χ4v) is 2.13. The van der Waals surface area contributed by atoms with Crippen LogP contribution in [0.1, 0.15) is 5.89 Å². The van der Waals surface area contributed by atoms with Crippen LogP contribution in [0.5, 0.6) is 0 Å². The van der Waals surface area contributed by atoms with Gasteiger partial charge in [0.05, 0.1) is 18.4 Å². The summed E-state index contributed by atoms with van der Waals surface area (Å²) in [5.74, 6) is 0.940. The number of pyridine rings is 1. The van der Waals surface area contributed by atoms with E-state index in [0.717, 1.165) is 11.3 Å². The van der Waals surface area contributed by atoms with E-state index < -0.39 is 0 Å². The lowest BCUT2D eigenvalue weighted by molar-refractivity contribution is 0.376. The molecule has 23 heavy (non-hydrogen) atoms. The second-order valence-corrected chi connectivity index (χ2v) is 5.41. The van der Waals surface area contributed by atoms with Gasteiger partial charge in [0.15, 0.2) is 5.11 Å². The van der Waals surface area contributed by atoms with E-state index in [9.17, 15) is 0 Å². The van der Waals surface area contributed by atoms with Crippen molar-refractivity contribution in [2.24, 2.45) is 0 Å². The van der Waals surface area contributed by atoms with Crippen LogP contribution in [0.25, 0.3) is 11.4 Å². The number of rotatable bonds is 4. The van der Waals surface area contributed by atoms with Crippen molar-refractivity contribution in [3.8, 4) is 11.4 Å². The van der Waals surface area contributed by atoms with Crippen LogP contribution >= 0.6 is 23.8 Å². The van der Waals surface area contributed by atoms with Crippen molar-refractivity contribution < 1.29 is 4.52 Å². The molecule has 0 radical (unpaired) electrons. The molecule has 0 fully saturated rings. The summed E-state index contributed by atoms with van der Waals surface area (Å²) < 4.78 is 5.19. The van der Waals surface area contributed by atoms with Crippen LogP contribution in [0.3, 0.4) is 0 Å². The molecule has 3 rings (SSSR count). The number of halogens is 1. The third-order valence-electron chi connectivity index (χ3n) is 2.89. The van der Waals surface area contributed by atoms with E-state index >= 15 is 0 Å². The molecule has 2 heterocycles. The molecule has 0 saturated carbocycles. The molecule has 0 bridgehead atoms. The van der Waals surface area contributed by atoms with Gasteiger partial charge in [0.25, 0.3) is 0 Å². The van der Waals surface area contributed by atoms with Crippen LogP contribution in [-0.2, 0) is 6.54 Å². The zero-order chi connectivity index (χ0) is 16.1. The lowest BCUT2D eigenvalue weighted by atomic mass is 10.2. The normalized spacial score (nSPS) is 10.3. The Morgan fingerprint density at radius 1 is 1.22 bits per heavy atom. The molecule has 0 saturated heterocycles. The predicted octanol–water partition coefficient (Wildman–Crippen LogP) is 3.27. The Hall–Kier alpha value is -2.51. The molecule has 8 heteroatoms. The minimum Gasteiger partial charge on any atom is -0.353 e. The second kappa shape index (κ2) is 7.17. The van der Waals surface area contributed by atoms with Gasteiger partial charge >= 0.3 is 0 Å². The van der Waals surface area contributed by atoms with Gasteiger partial charge in [0.2, 0.25) is 11.7 Å². The summed E-state index contributed by atoms with van der Waals surface area (Å²) in [6.07, 6.45) is 3.37. The smallest absolute Gasteiger partial charge is 0.246 e. The number of nitrogens with zero attached hydrogens (tertiary/aromatic N) is 3. The minimum atomic E-state index is 0.326. The Morgan fingerprint density at radius 3 is 2.78 bits per heavy atom. The maximum Gasteiger partial charge on any atom is 0.246 e. The standard InChI is InChI=1S/C15H12ClN5OS/c16-11-5-3-10(4-6-11)14-20-13(22-21-14)9-18-15(23)19-12-2-1-7-17-8-12/h1-8H,9H2,(H2,18,19,23). The molecule has 0 aliphatic heterocycles. The molecule has 2 N–H and O–H groups in total. The Bertz CT molecular complexity index is 791. The highest BCUT2D eigenvalue weighted by Gasteiger charge is 2.09. The molecule has 1 aromatic carbocycles. The SMILES string of the molecule is S=C(NCc1nc(-c2ccc(Cl)cc2)no1)Nc1cccnc1. The molecule has 2 aromatic heterocycles. The molecule has 0 unspecified atom stereocenters. The molecule has 0 atom stereocenters. The van der Waals surface area contributed by atoms with Crippen LogP contribution in [0.4, 0.5) is 5.69 Å². The zero-order valence-electron chi connectivity index (χ0n) is 11.9. The molecular formula is C15H12ClN5OS. The van der Waals surface area contributed by atoms with E-state index in [1.807, 2.05) is 24.3 Å². The van der Waals surface area contributed by atoms with Gasteiger partial charge in [-0.3, -0.25) is 4.98 Å². The zero-order valence-corrected chi connectivity index (χ0v) is 13.4. The highest BCUT2D eigenvalue weighted by Crippen LogP contribution is 2.18. The third kappa shape index (κ3) is 4.24. The number of hydrogen-bond donors (Lipinski definition) is 2. The van der Waals surface area contributed by atoms with Crippen molar-refractivity contribution in [3.05, 3.63) is 59.7 Å². The number of nitrogens with one attached hydrogen (secondary N) is 2. The van der Waals surface area contributed by atoms with Gasteiger partial charge in [-0.15, -0.1) is 0 Å². The van der Waals surface area contributed by atoms with Gasteiger partial charge in [-0.25, -0.2) is 0 Å². The van der Waals surface area contributed by atoms with Crippen molar-refractivity contribution >= 4 is 34.6 Å². The minimum absolute atomic E-state index is 0.326. The Kier molecular flexibility index (Phi) is 4.80. The number of hydrogen-bond acceptors (Lipinski definition) is 5. The summed E-state index contributed by atoms with van der Waals surface area (Å²) >= 11 is 11.1. The summed E-state index contributed by atoms with van der Waals surface area (Å²) in [4.78, 5) is 8.30. The monoisotopic (exact) mass is 345 g/mol. The number of thiocarbonyl (C=S) groups is 1. The highest BCUT2D eigenvalue weighted by molar-refractivity contribution is 7.80. The van der Waals surface area contributed by atoms with Gasteiger partial charge in [0, 0.05) is 16.8 Å². The quantitative estimate of drug-likeness (QED) is 0.703. The van der Waals surface area contributed by atoms with Gasteiger partial charge in [-0.1, -0.05) is 16.8 Å². The van der Waals surface area contributed by atoms with Crippen molar-refractivity contribution in [2.45, 2.75) is 6.54 Å². The first-order chi connectivity index (χ1) is 11.2. The highest BCUT2D eigenvalue weighted by atomic mass is 35.5. The van der Waals surface area contributed by atoms with Crippen LogP contribution < -0.4 is 10.6 Å². The van der Waals surface area contributed by atoms with E-state index in [2.05, 4.69) is 25.8 Å². The molecular weight excluding hydrogens is 334 g/mol. The average Bonchev–Trinajstić information content (AvgIpc) is 3.04. The number of benzene rings is 1. The average molecular weight is 346 g/mol. The molecule has 3 aromatic rings. The first-order valence-corrected chi connectivity index (χ1v) is 7.53. The number of aromatic nitrogens is 3. The fraction of sp³-hybridized carbons (Fsp3) is 0.0667. The first kappa shape index (κ1) is 15.4. The van der Waals surface area contributed by atoms with Crippen molar-refractivity contribution in [3.63, 3.8) is 0 Å². The van der Waals surface area contributed by atoms with Crippen molar-refractivity contribution in [1.82, 2.24) is 20.4 Å². The van der Waals surface area contributed by atoms with Crippen molar-refractivity contribution in [1.29, 1.82) is 0 Å². The van der Waals surface area contributed by atoms with Crippen LogP contribution in [0, 0.1) is 0 Å². The topological polar surface area (TPSA) is 75.9 Å². The maximum atomic E-state index is 5.86. The summed E-state index contributed by atoms with van der Waals surface area (Å²) in [7, 11) is 0. The van der Waals surface area contributed by atoms with Crippen LogP contribution in [-0.4, -0.2) is 20.2 Å². The summed E-state index contributed by atoms with van der Waals surface area (Å²) in [6, 6.07) is 10.9. The summed E-state index contributed by atoms with van der Waals surface area (Å²) in [5, 5.41) is 11.0. The molecule has 0 amide bonds. The summed E-state index contributed by atoms with van der Waals surface area (Å²) in [6.45, 7) is 0.326. The summed E-state index contributed by atoms with van der Waals surface area (Å²) in [5.41, 5.74) is 1.64. The van der Waals surface area contributed by atoms with Gasteiger partial charge in [-0.2, -0.15) is 4.98 Å². The van der Waals surface area contributed by atoms with E-state index in [1.165, 1.54) is 0 Å². The molecule has 0 aliphatic rings. The lowest BCUT2D eigenvalue weighted by Crippen LogP contribution is -2.28.